The van der Waals surface area contributed by atoms with Gasteiger partial charge in [0.05, 0.1) is 13.2 Å². The average molecular weight is 286 g/mol. The molecule has 2 rings (SSSR count). The Morgan fingerprint density at radius 2 is 2.19 bits per heavy atom. The molecule has 0 aromatic heterocycles. The minimum absolute atomic E-state index is 0.367. The van der Waals surface area contributed by atoms with Gasteiger partial charge >= 0.3 is 0 Å². The quantitative estimate of drug-likeness (QED) is 0.904. The fourth-order valence-electron chi connectivity index (χ4n) is 1.60. The fourth-order valence-corrected chi connectivity index (χ4v) is 2.09. The Bertz CT molecular complexity index is 378. The van der Waals surface area contributed by atoms with Gasteiger partial charge in [0, 0.05) is 10.0 Å². The first-order valence-electron chi connectivity index (χ1n) is 5.47. The first kappa shape index (κ1) is 11.7. The van der Waals surface area contributed by atoms with Crippen LogP contribution in [-0.4, -0.2) is 19.8 Å². The third-order valence-corrected chi connectivity index (χ3v) is 3.00. The summed E-state index contributed by atoms with van der Waals surface area (Å²) in [5, 5.41) is 0. The van der Waals surface area contributed by atoms with Crippen molar-refractivity contribution in [2.24, 2.45) is 5.73 Å². The standard InChI is InChI=1S/C12H16BrNO2/c1-15-11-7-9(13)6-8(4-5-14)12(11)16-10-2-3-10/h6-7,10H,2-5,14H2,1H3. The van der Waals surface area contributed by atoms with Gasteiger partial charge in [0.15, 0.2) is 11.5 Å². The van der Waals surface area contributed by atoms with E-state index in [1.807, 2.05) is 12.1 Å². The second-order valence-corrected chi connectivity index (χ2v) is 4.87. The molecule has 0 unspecified atom stereocenters. The molecule has 0 saturated heterocycles. The summed E-state index contributed by atoms with van der Waals surface area (Å²) < 4.78 is 12.2. The fraction of sp³-hybridized carbons (Fsp3) is 0.500. The van der Waals surface area contributed by atoms with Crippen molar-refractivity contribution in [1.29, 1.82) is 0 Å². The Balaban J connectivity index is 2.33. The van der Waals surface area contributed by atoms with Crippen molar-refractivity contribution in [2.45, 2.75) is 25.4 Å². The zero-order chi connectivity index (χ0) is 11.5. The van der Waals surface area contributed by atoms with Crippen molar-refractivity contribution in [3.05, 3.63) is 22.2 Å². The summed E-state index contributed by atoms with van der Waals surface area (Å²) in [5.74, 6) is 1.64. The summed E-state index contributed by atoms with van der Waals surface area (Å²) in [6.45, 7) is 0.612. The Morgan fingerprint density at radius 3 is 2.75 bits per heavy atom. The van der Waals surface area contributed by atoms with Crippen molar-refractivity contribution < 1.29 is 9.47 Å². The Hall–Kier alpha value is -0.740. The van der Waals surface area contributed by atoms with Gasteiger partial charge in [-0.25, -0.2) is 0 Å². The molecule has 0 atom stereocenters. The highest BCUT2D eigenvalue weighted by Crippen LogP contribution is 2.38. The normalized spacial score (nSPS) is 14.9. The van der Waals surface area contributed by atoms with Crippen LogP contribution in [0.1, 0.15) is 18.4 Å². The number of halogens is 1. The molecule has 0 bridgehead atoms. The predicted molar refractivity (Wildman–Crippen MR) is 67.1 cm³/mol. The van der Waals surface area contributed by atoms with E-state index in [0.717, 1.165) is 40.8 Å². The van der Waals surface area contributed by atoms with Gasteiger partial charge in [-0.2, -0.15) is 0 Å². The number of nitrogens with two attached hydrogens (primary N) is 1. The zero-order valence-corrected chi connectivity index (χ0v) is 10.9. The highest BCUT2D eigenvalue weighted by molar-refractivity contribution is 9.10. The van der Waals surface area contributed by atoms with Crippen LogP contribution in [0.15, 0.2) is 16.6 Å². The maximum Gasteiger partial charge on any atom is 0.164 e. The van der Waals surface area contributed by atoms with Gasteiger partial charge < -0.3 is 15.2 Å². The van der Waals surface area contributed by atoms with Crippen LogP contribution in [0.4, 0.5) is 0 Å². The molecular weight excluding hydrogens is 270 g/mol. The number of rotatable bonds is 5. The van der Waals surface area contributed by atoms with Gasteiger partial charge in [-0.3, -0.25) is 0 Å². The first-order chi connectivity index (χ1) is 7.74. The van der Waals surface area contributed by atoms with Gasteiger partial charge in [0.25, 0.3) is 0 Å². The topological polar surface area (TPSA) is 44.5 Å². The molecule has 1 aliphatic rings. The molecule has 0 amide bonds. The largest absolute Gasteiger partial charge is 0.493 e. The molecule has 4 heteroatoms. The third kappa shape index (κ3) is 2.68. The van der Waals surface area contributed by atoms with E-state index < -0.39 is 0 Å². The van der Waals surface area contributed by atoms with E-state index in [1.54, 1.807) is 7.11 Å². The summed E-state index contributed by atoms with van der Waals surface area (Å²) in [6.07, 6.45) is 3.45. The summed E-state index contributed by atoms with van der Waals surface area (Å²) >= 11 is 3.46. The molecule has 16 heavy (non-hydrogen) atoms. The van der Waals surface area contributed by atoms with Crippen molar-refractivity contribution >= 4 is 15.9 Å². The van der Waals surface area contributed by atoms with Gasteiger partial charge in [-0.05, 0) is 37.9 Å². The summed E-state index contributed by atoms with van der Waals surface area (Å²) in [7, 11) is 1.66. The molecule has 1 aromatic rings. The molecule has 1 aromatic carbocycles. The minimum atomic E-state index is 0.367. The van der Waals surface area contributed by atoms with Crippen molar-refractivity contribution in [1.82, 2.24) is 0 Å². The number of ether oxygens (including phenoxy) is 2. The minimum Gasteiger partial charge on any atom is -0.493 e. The van der Waals surface area contributed by atoms with Crippen molar-refractivity contribution in [3.8, 4) is 11.5 Å². The summed E-state index contributed by atoms with van der Waals surface area (Å²) in [6, 6.07) is 3.98. The van der Waals surface area contributed by atoms with Crippen LogP contribution in [0.3, 0.4) is 0 Å². The lowest BCUT2D eigenvalue weighted by atomic mass is 10.1. The molecule has 88 valence electrons. The van der Waals surface area contributed by atoms with Gasteiger partial charge in [-0.15, -0.1) is 0 Å². The van der Waals surface area contributed by atoms with Gasteiger partial charge in [-0.1, -0.05) is 15.9 Å². The molecule has 2 N–H and O–H groups in total. The van der Waals surface area contributed by atoms with Gasteiger partial charge in [0.1, 0.15) is 0 Å². The van der Waals surface area contributed by atoms with E-state index in [2.05, 4.69) is 15.9 Å². The van der Waals surface area contributed by atoms with Crippen LogP contribution in [0.2, 0.25) is 0 Å². The smallest absolute Gasteiger partial charge is 0.164 e. The lowest BCUT2D eigenvalue weighted by Crippen LogP contribution is -2.07. The third-order valence-electron chi connectivity index (χ3n) is 2.54. The molecule has 0 radical (unpaired) electrons. The van der Waals surface area contributed by atoms with E-state index in [1.165, 1.54) is 0 Å². The molecular formula is C12H16BrNO2. The molecule has 3 nitrogen and oxygen atoms in total. The van der Waals surface area contributed by atoms with Gasteiger partial charge in [0.2, 0.25) is 0 Å². The lowest BCUT2D eigenvalue weighted by Gasteiger charge is -2.15. The number of hydrogen-bond donors (Lipinski definition) is 1. The average Bonchev–Trinajstić information content (AvgIpc) is 3.05. The SMILES string of the molecule is COc1cc(Br)cc(CCN)c1OC1CC1. The predicted octanol–water partition coefficient (Wildman–Crippen LogP) is 2.50. The number of benzene rings is 1. The summed E-state index contributed by atoms with van der Waals surface area (Å²) in [5.41, 5.74) is 6.72. The van der Waals surface area contributed by atoms with Crippen LogP contribution < -0.4 is 15.2 Å². The molecule has 1 saturated carbocycles. The van der Waals surface area contributed by atoms with Crippen LogP contribution in [0.25, 0.3) is 0 Å². The van der Waals surface area contributed by atoms with Crippen LogP contribution in [0, 0.1) is 0 Å². The van der Waals surface area contributed by atoms with E-state index in [9.17, 15) is 0 Å². The van der Waals surface area contributed by atoms with Crippen LogP contribution in [-0.2, 0) is 6.42 Å². The Labute approximate surface area is 104 Å². The Morgan fingerprint density at radius 1 is 1.44 bits per heavy atom. The summed E-state index contributed by atoms with van der Waals surface area (Å²) in [4.78, 5) is 0. The molecule has 0 aliphatic heterocycles. The number of methoxy groups -OCH3 is 1. The van der Waals surface area contributed by atoms with Crippen molar-refractivity contribution in [2.75, 3.05) is 13.7 Å². The van der Waals surface area contributed by atoms with Crippen LogP contribution >= 0.6 is 15.9 Å². The van der Waals surface area contributed by atoms with E-state index >= 15 is 0 Å². The molecule has 0 heterocycles. The van der Waals surface area contributed by atoms with Crippen LogP contribution in [0.5, 0.6) is 11.5 Å². The highest BCUT2D eigenvalue weighted by Gasteiger charge is 2.26. The highest BCUT2D eigenvalue weighted by atomic mass is 79.9. The zero-order valence-electron chi connectivity index (χ0n) is 9.33. The second-order valence-electron chi connectivity index (χ2n) is 3.95. The second kappa shape index (κ2) is 5.06. The van der Waals surface area contributed by atoms with E-state index in [4.69, 9.17) is 15.2 Å². The van der Waals surface area contributed by atoms with E-state index in [0.29, 0.717) is 12.6 Å². The van der Waals surface area contributed by atoms with E-state index in [-0.39, 0.29) is 0 Å². The maximum atomic E-state index is 5.88. The molecule has 1 fully saturated rings. The maximum absolute atomic E-state index is 5.88. The molecule has 1 aliphatic carbocycles. The number of hydrogen-bond acceptors (Lipinski definition) is 3. The monoisotopic (exact) mass is 285 g/mol. The first-order valence-corrected chi connectivity index (χ1v) is 6.27. The lowest BCUT2D eigenvalue weighted by molar-refractivity contribution is 0.279. The van der Waals surface area contributed by atoms with Crippen molar-refractivity contribution in [3.63, 3.8) is 0 Å². The Kier molecular flexibility index (Phi) is 3.71. The molecule has 0 spiro atoms.